The Morgan fingerprint density at radius 3 is 2.48 bits per heavy atom. The third-order valence-corrected chi connectivity index (χ3v) is 3.40. The molecule has 0 spiro atoms. The summed E-state index contributed by atoms with van der Waals surface area (Å²) in [5, 5.41) is 6.01. The van der Waals surface area contributed by atoms with E-state index in [1.165, 1.54) is 0 Å². The minimum Gasteiger partial charge on any atom is -0.493 e. The Labute approximate surface area is 136 Å². The van der Waals surface area contributed by atoms with Crippen molar-refractivity contribution in [3.63, 3.8) is 0 Å². The maximum absolute atomic E-state index is 12.2. The Hall–Kier alpha value is -2.53. The third-order valence-electron chi connectivity index (χ3n) is 3.40. The van der Waals surface area contributed by atoms with Crippen molar-refractivity contribution in [1.82, 2.24) is 5.32 Å². The number of rotatable bonds is 7. The summed E-state index contributed by atoms with van der Waals surface area (Å²) < 4.78 is 10.5. The number of hydrogen-bond acceptors (Lipinski definition) is 4. The van der Waals surface area contributed by atoms with Crippen molar-refractivity contribution in [2.24, 2.45) is 0 Å². The molecule has 0 bridgehead atoms. The van der Waals surface area contributed by atoms with Gasteiger partial charge in [0.1, 0.15) is 0 Å². The van der Waals surface area contributed by atoms with E-state index in [9.17, 15) is 4.79 Å². The van der Waals surface area contributed by atoms with Crippen LogP contribution in [0.3, 0.4) is 0 Å². The van der Waals surface area contributed by atoms with Gasteiger partial charge >= 0.3 is 0 Å². The zero-order valence-corrected chi connectivity index (χ0v) is 13.7. The summed E-state index contributed by atoms with van der Waals surface area (Å²) in [4.78, 5) is 12.2. The topological polar surface area (TPSA) is 59.6 Å². The van der Waals surface area contributed by atoms with Crippen molar-refractivity contribution in [2.75, 3.05) is 26.6 Å². The Balaban J connectivity index is 2.03. The molecule has 0 aliphatic carbocycles. The van der Waals surface area contributed by atoms with Crippen LogP contribution in [0.4, 0.5) is 5.69 Å². The highest BCUT2D eigenvalue weighted by molar-refractivity contribution is 5.92. The molecule has 2 aromatic carbocycles. The third kappa shape index (κ3) is 4.72. The van der Waals surface area contributed by atoms with Gasteiger partial charge in [-0.1, -0.05) is 18.2 Å². The zero-order chi connectivity index (χ0) is 16.7. The molecular weight excluding hydrogens is 292 g/mol. The molecule has 2 aromatic rings. The molecule has 0 heterocycles. The highest BCUT2D eigenvalue weighted by atomic mass is 16.5. The lowest BCUT2D eigenvalue weighted by atomic mass is 10.1. The number of methoxy groups -OCH3 is 2. The van der Waals surface area contributed by atoms with E-state index in [1.807, 2.05) is 43.4 Å². The van der Waals surface area contributed by atoms with Gasteiger partial charge in [0.15, 0.2) is 11.5 Å². The zero-order valence-electron chi connectivity index (χ0n) is 13.7. The highest BCUT2D eigenvalue weighted by Crippen LogP contribution is 2.27. The van der Waals surface area contributed by atoms with Gasteiger partial charge in [-0.3, -0.25) is 4.79 Å². The van der Waals surface area contributed by atoms with Crippen LogP contribution >= 0.6 is 0 Å². The van der Waals surface area contributed by atoms with E-state index in [0.29, 0.717) is 11.5 Å². The SMILES string of the molecule is CNCc1cccc(NC(=O)Cc2ccc(OC)c(OC)c2)c1. The first kappa shape index (κ1) is 16.8. The van der Waals surface area contributed by atoms with Gasteiger partial charge in [-0.2, -0.15) is 0 Å². The molecule has 23 heavy (non-hydrogen) atoms. The van der Waals surface area contributed by atoms with Gasteiger partial charge in [-0.15, -0.1) is 0 Å². The fourth-order valence-electron chi connectivity index (χ4n) is 2.34. The maximum atomic E-state index is 12.2. The second-order valence-electron chi connectivity index (χ2n) is 5.14. The molecule has 0 fully saturated rings. The summed E-state index contributed by atoms with van der Waals surface area (Å²) in [7, 11) is 5.06. The average Bonchev–Trinajstić information content (AvgIpc) is 2.55. The maximum Gasteiger partial charge on any atom is 0.228 e. The van der Waals surface area contributed by atoms with E-state index >= 15 is 0 Å². The number of nitrogens with one attached hydrogen (secondary N) is 2. The summed E-state index contributed by atoms with van der Waals surface area (Å²) in [5.41, 5.74) is 2.78. The predicted octanol–water partition coefficient (Wildman–Crippen LogP) is 2.60. The van der Waals surface area contributed by atoms with Crippen molar-refractivity contribution in [3.05, 3.63) is 53.6 Å². The molecule has 2 rings (SSSR count). The molecule has 5 heteroatoms. The van der Waals surface area contributed by atoms with Gasteiger partial charge in [0, 0.05) is 12.2 Å². The first-order valence-corrected chi connectivity index (χ1v) is 7.40. The molecule has 122 valence electrons. The van der Waals surface area contributed by atoms with Crippen LogP contribution < -0.4 is 20.1 Å². The number of benzene rings is 2. The van der Waals surface area contributed by atoms with Crippen LogP contribution in [0.1, 0.15) is 11.1 Å². The molecule has 0 radical (unpaired) electrons. The molecule has 0 atom stereocenters. The fraction of sp³-hybridized carbons (Fsp3) is 0.278. The largest absolute Gasteiger partial charge is 0.493 e. The van der Waals surface area contributed by atoms with Gasteiger partial charge in [0.25, 0.3) is 0 Å². The smallest absolute Gasteiger partial charge is 0.228 e. The minimum atomic E-state index is -0.0705. The number of carbonyl (C=O) groups is 1. The van der Waals surface area contributed by atoms with Gasteiger partial charge in [0.05, 0.1) is 20.6 Å². The van der Waals surface area contributed by atoms with E-state index < -0.39 is 0 Å². The molecular formula is C18H22N2O3. The molecule has 0 aromatic heterocycles. The summed E-state index contributed by atoms with van der Waals surface area (Å²) >= 11 is 0. The average molecular weight is 314 g/mol. The van der Waals surface area contributed by atoms with E-state index in [4.69, 9.17) is 9.47 Å². The van der Waals surface area contributed by atoms with Crippen LogP contribution in [-0.4, -0.2) is 27.2 Å². The van der Waals surface area contributed by atoms with Gasteiger partial charge in [0.2, 0.25) is 5.91 Å². The van der Waals surface area contributed by atoms with Crippen LogP contribution in [0.25, 0.3) is 0 Å². The summed E-state index contributed by atoms with van der Waals surface area (Å²) in [6.45, 7) is 0.763. The minimum absolute atomic E-state index is 0.0705. The van der Waals surface area contributed by atoms with E-state index in [0.717, 1.165) is 23.4 Å². The number of amides is 1. The normalized spacial score (nSPS) is 10.2. The van der Waals surface area contributed by atoms with Crippen LogP contribution in [0.15, 0.2) is 42.5 Å². The molecule has 0 aliphatic heterocycles. The van der Waals surface area contributed by atoms with Crippen molar-refractivity contribution in [3.8, 4) is 11.5 Å². The molecule has 5 nitrogen and oxygen atoms in total. The Bertz CT molecular complexity index is 671. The van der Waals surface area contributed by atoms with Crippen molar-refractivity contribution in [2.45, 2.75) is 13.0 Å². The summed E-state index contributed by atoms with van der Waals surface area (Å²) in [5.74, 6) is 1.20. The van der Waals surface area contributed by atoms with Crippen LogP contribution in [0.5, 0.6) is 11.5 Å². The second kappa shape index (κ2) is 8.19. The molecule has 1 amide bonds. The number of hydrogen-bond donors (Lipinski definition) is 2. The molecule has 0 aliphatic rings. The monoisotopic (exact) mass is 314 g/mol. The molecule has 0 saturated carbocycles. The van der Waals surface area contributed by atoms with Gasteiger partial charge in [-0.05, 0) is 42.4 Å². The Morgan fingerprint density at radius 1 is 1.00 bits per heavy atom. The Kier molecular flexibility index (Phi) is 6.00. The van der Waals surface area contributed by atoms with Crippen molar-refractivity contribution >= 4 is 11.6 Å². The summed E-state index contributed by atoms with van der Waals surface area (Å²) in [6.07, 6.45) is 0.274. The van der Waals surface area contributed by atoms with Crippen molar-refractivity contribution < 1.29 is 14.3 Å². The predicted molar refractivity (Wildman–Crippen MR) is 91.1 cm³/mol. The first-order chi connectivity index (χ1) is 11.2. The van der Waals surface area contributed by atoms with E-state index in [-0.39, 0.29) is 12.3 Å². The number of anilines is 1. The lowest BCUT2D eigenvalue weighted by molar-refractivity contribution is -0.115. The quantitative estimate of drug-likeness (QED) is 0.825. The standard InChI is InChI=1S/C18H22N2O3/c1-19-12-14-5-4-6-15(9-14)20-18(21)11-13-7-8-16(22-2)17(10-13)23-3/h4-10,19H,11-12H2,1-3H3,(H,20,21). The lowest BCUT2D eigenvalue weighted by Gasteiger charge is -2.10. The van der Waals surface area contributed by atoms with Crippen LogP contribution in [-0.2, 0) is 17.8 Å². The molecule has 2 N–H and O–H groups in total. The van der Waals surface area contributed by atoms with Crippen molar-refractivity contribution in [1.29, 1.82) is 0 Å². The van der Waals surface area contributed by atoms with Gasteiger partial charge < -0.3 is 20.1 Å². The number of ether oxygens (including phenoxy) is 2. The highest BCUT2D eigenvalue weighted by Gasteiger charge is 2.09. The van der Waals surface area contributed by atoms with Crippen LogP contribution in [0, 0.1) is 0 Å². The second-order valence-corrected chi connectivity index (χ2v) is 5.14. The van der Waals surface area contributed by atoms with E-state index in [1.54, 1.807) is 20.3 Å². The fourth-order valence-corrected chi connectivity index (χ4v) is 2.34. The molecule has 0 unspecified atom stereocenters. The number of carbonyl (C=O) groups excluding carboxylic acids is 1. The van der Waals surface area contributed by atoms with E-state index in [2.05, 4.69) is 10.6 Å². The Morgan fingerprint density at radius 2 is 1.78 bits per heavy atom. The summed E-state index contributed by atoms with van der Waals surface area (Å²) in [6, 6.07) is 13.3. The van der Waals surface area contributed by atoms with Crippen LogP contribution in [0.2, 0.25) is 0 Å². The molecule has 0 saturated heterocycles. The lowest BCUT2D eigenvalue weighted by Crippen LogP contribution is -2.15. The first-order valence-electron chi connectivity index (χ1n) is 7.40. The van der Waals surface area contributed by atoms with Gasteiger partial charge in [-0.25, -0.2) is 0 Å².